The molecule has 0 radical (unpaired) electrons. The average Bonchev–Trinajstić information content (AvgIpc) is 2.81. The van der Waals surface area contributed by atoms with Gasteiger partial charge in [0.1, 0.15) is 6.54 Å². The number of benzene rings is 1. The van der Waals surface area contributed by atoms with Crippen LogP contribution in [0, 0.1) is 0 Å². The van der Waals surface area contributed by atoms with E-state index in [1.807, 2.05) is 36.5 Å². The van der Waals surface area contributed by atoms with Gasteiger partial charge in [-0.05, 0) is 30.3 Å². The summed E-state index contributed by atoms with van der Waals surface area (Å²) in [5.41, 5.74) is 3.41. The molecular formula is C13H10BrN3O. The van der Waals surface area contributed by atoms with Crippen molar-refractivity contribution in [2.45, 2.75) is 0 Å². The van der Waals surface area contributed by atoms with Gasteiger partial charge in [-0.3, -0.25) is 9.79 Å². The molecule has 18 heavy (non-hydrogen) atoms. The quantitative estimate of drug-likeness (QED) is 0.836. The molecule has 0 fully saturated rings. The van der Waals surface area contributed by atoms with Crippen molar-refractivity contribution in [3.8, 4) is 0 Å². The highest BCUT2D eigenvalue weighted by atomic mass is 79.9. The van der Waals surface area contributed by atoms with E-state index in [1.165, 1.54) is 0 Å². The van der Waals surface area contributed by atoms with Crippen molar-refractivity contribution in [3.63, 3.8) is 0 Å². The third kappa shape index (κ3) is 1.97. The van der Waals surface area contributed by atoms with Gasteiger partial charge in [-0.25, -0.2) is 0 Å². The van der Waals surface area contributed by atoms with E-state index in [4.69, 9.17) is 0 Å². The molecule has 3 rings (SSSR count). The molecule has 1 amide bonds. The fourth-order valence-electron chi connectivity index (χ4n) is 1.96. The van der Waals surface area contributed by atoms with Crippen molar-refractivity contribution in [1.29, 1.82) is 0 Å². The van der Waals surface area contributed by atoms with Gasteiger partial charge in [-0.15, -0.1) is 0 Å². The second kappa shape index (κ2) is 4.42. The average molecular weight is 304 g/mol. The van der Waals surface area contributed by atoms with E-state index in [0.717, 1.165) is 27.1 Å². The Morgan fingerprint density at radius 1 is 1.28 bits per heavy atom. The monoisotopic (exact) mass is 303 g/mol. The van der Waals surface area contributed by atoms with E-state index in [1.54, 1.807) is 0 Å². The first-order valence-electron chi connectivity index (χ1n) is 5.52. The van der Waals surface area contributed by atoms with Crippen molar-refractivity contribution in [2.75, 3.05) is 11.9 Å². The molecule has 2 aromatic rings. The summed E-state index contributed by atoms with van der Waals surface area (Å²) in [5, 5.41) is 2.85. The zero-order valence-electron chi connectivity index (χ0n) is 9.40. The Kier molecular flexibility index (Phi) is 2.76. The van der Waals surface area contributed by atoms with Crippen LogP contribution in [0.4, 0.5) is 5.69 Å². The summed E-state index contributed by atoms with van der Waals surface area (Å²) in [6, 6.07) is 9.59. The molecule has 1 aliphatic heterocycles. The Morgan fingerprint density at radius 3 is 2.94 bits per heavy atom. The number of hydrogen-bond donors (Lipinski definition) is 2. The van der Waals surface area contributed by atoms with Crippen molar-refractivity contribution >= 4 is 33.2 Å². The second-order valence-electron chi connectivity index (χ2n) is 3.99. The summed E-state index contributed by atoms with van der Waals surface area (Å²) in [4.78, 5) is 19.1. The predicted octanol–water partition coefficient (Wildman–Crippen LogP) is 2.57. The number of halogens is 1. The number of benzodiazepines with no additional fused rings is 1. The maximum atomic E-state index is 11.6. The Bertz CT molecular complexity index is 632. The number of aromatic amines is 1. The van der Waals surface area contributed by atoms with Gasteiger partial charge in [-0.1, -0.05) is 15.9 Å². The minimum absolute atomic E-state index is 0.0971. The van der Waals surface area contributed by atoms with Gasteiger partial charge >= 0.3 is 0 Å². The van der Waals surface area contributed by atoms with Crippen LogP contribution in [-0.4, -0.2) is 23.1 Å². The zero-order chi connectivity index (χ0) is 12.5. The number of fused-ring (bicyclic) bond motifs is 1. The van der Waals surface area contributed by atoms with Crippen LogP contribution in [0.3, 0.4) is 0 Å². The fourth-order valence-corrected chi connectivity index (χ4v) is 2.32. The van der Waals surface area contributed by atoms with Crippen LogP contribution in [0.25, 0.3) is 0 Å². The van der Waals surface area contributed by atoms with E-state index in [-0.39, 0.29) is 12.5 Å². The van der Waals surface area contributed by atoms with Crippen LogP contribution in [-0.2, 0) is 4.79 Å². The third-order valence-electron chi connectivity index (χ3n) is 2.74. The molecule has 90 valence electrons. The number of hydrogen-bond acceptors (Lipinski definition) is 2. The Labute approximate surface area is 112 Å². The number of nitrogens with zero attached hydrogens (tertiary/aromatic N) is 1. The van der Waals surface area contributed by atoms with Gasteiger partial charge < -0.3 is 10.3 Å². The minimum atomic E-state index is -0.0971. The molecule has 2 heterocycles. The molecule has 0 saturated carbocycles. The first-order valence-corrected chi connectivity index (χ1v) is 6.31. The van der Waals surface area contributed by atoms with Crippen LogP contribution in [0.2, 0.25) is 0 Å². The highest BCUT2D eigenvalue weighted by Crippen LogP contribution is 2.25. The Morgan fingerprint density at radius 2 is 2.17 bits per heavy atom. The van der Waals surface area contributed by atoms with Gasteiger partial charge in [0.05, 0.1) is 17.1 Å². The molecule has 5 heteroatoms. The lowest BCUT2D eigenvalue weighted by Gasteiger charge is -2.09. The molecule has 0 aliphatic carbocycles. The molecule has 0 spiro atoms. The number of H-pyrrole nitrogens is 1. The van der Waals surface area contributed by atoms with E-state index in [9.17, 15) is 4.79 Å². The summed E-state index contributed by atoms with van der Waals surface area (Å²) in [6.07, 6.45) is 1.84. The first-order chi connectivity index (χ1) is 8.74. The maximum absolute atomic E-state index is 11.6. The molecule has 1 aromatic heterocycles. The summed E-state index contributed by atoms with van der Waals surface area (Å²) < 4.78 is 0.955. The van der Waals surface area contributed by atoms with E-state index in [2.05, 4.69) is 31.2 Å². The Hall–Kier alpha value is -1.88. The lowest BCUT2D eigenvalue weighted by Crippen LogP contribution is -2.13. The van der Waals surface area contributed by atoms with Crippen molar-refractivity contribution < 1.29 is 4.79 Å². The topological polar surface area (TPSA) is 57.2 Å². The highest BCUT2D eigenvalue weighted by Gasteiger charge is 2.18. The van der Waals surface area contributed by atoms with Gasteiger partial charge in [0.15, 0.2) is 0 Å². The minimum Gasteiger partial charge on any atom is -0.360 e. The van der Waals surface area contributed by atoms with E-state index < -0.39 is 0 Å². The number of carbonyl (C=O) groups excluding carboxylic acids is 1. The molecule has 0 unspecified atom stereocenters. The van der Waals surface area contributed by atoms with Crippen molar-refractivity contribution in [2.24, 2.45) is 4.99 Å². The van der Waals surface area contributed by atoms with E-state index in [0.29, 0.717) is 0 Å². The predicted molar refractivity (Wildman–Crippen MR) is 74.1 cm³/mol. The van der Waals surface area contributed by atoms with Crippen LogP contribution >= 0.6 is 15.9 Å². The zero-order valence-corrected chi connectivity index (χ0v) is 11.0. The number of anilines is 1. The molecule has 1 aromatic carbocycles. The highest BCUT2D eigenvalue weighted by molar-refractivity contribution is 9.10. The molecule has 0 bridgehead atoms. The van der Waals surface area contributed by atoms with Crippen molar-refractivity contribution in [3.05, 3.63) is 52.3 Å². The smallest absolute Gasteiger partial charge is 0.246 e. The standard InChI is InChI=1S/C13H10BrN3O/c14-8-3-4-10-9(6-8)13(11-2-1-5-15-11)16-7-12(18)17-10/h1-6,15H,7H2,(H,17,18). The van der Waals surface area contributed by atoms with Gasteiger partial charge in [0.2, 0.25) is 5.91 Å². The molecule has 2 N–H and O–H groups in total. The number of carbonyl (C=O) groups is 1. The first kappa shape index (κ1) is 11.2. The van der Waals surface area contributed by atoms with E-state index >= 15 is 0 Å². The number of aliphatic imine (C=N–C) groups is 1. The molecular weight excluding hydrogens is 294 g/mol. The van der Waals surface area contributed by atoms with Crippen LogP contribution in [0.15, 0.2) is 46.0 Å². The summed E-state index contributed by atoms with van der Waals surface area (Å²) in [6.45, 7) is 0.140. The van der Waals surface area contributed by atoms with Gasteiger partial charge in [0, 0.05) is 16.2 Å². The number of amides is 1. The summed E-state index contributed by atoms with van der Waals surface area (Å²) in [7, 11) is 0. The van der Waals surface area contributed by atoms with Crippen molar-refractivity contribution in [1.82, 2.24) is 4.98 Å². The molecule has 0 atom stereocenters. The summed E-state index contributed by atoms with van der Waals surface area (Å²) >= 11 is 3.44. The molecule has 4 nitrogen and oxygen atoms in total. The van der Waals surface area contributed by atoms with Gasteiger partial charge in [0.25, 0.3) is 0 Å². The lowest BCUT2D eigenvalue weighted by molar-refractivity contribution is -0.114. The maximum Gasteiger partial charge on any atom is 0.246 e. The normalized spacial score (nSPS) is 14.5. The largest absolute Gasteiger partial charge is 0.360 e. The lowest BCUT2D eigenvalue weighted by atomic mass is 10.1. The fraction of sp³-hybridized carbons (Fsp3) is 0.0769. The van der Waals surface area contributed by atoms with Crippen LogP contribution in [0.5, 0.6) is 0 Å². The molecule has 0 saturated heterocycles. The third-order valence-corrected chi connectivity index (χ3v) is 3.24. The summed E-state index contributed by atoms with van der Waals surface area (Å²) in [5.74, 6) is -0.0971. The number of nitrogens with one attached hydrogen (secondary N) is 2. The SMILES string of the molecule is O=C1CN=C(c2ccc[nH]2)c2cc(Br)ccc2N1. The number of rotatable bonds is 1. The van der Waals surface area contributed by atoms with Crippen LogP contribution in [0.1, 0.15) is 11.3 Å². The Balaban J connectivity index is 2.20. The van der Waals surface area contributed by atoms with Gasteiger partial charge in [-0.2, -0.15) is 0 Å². The number of aromatic nitrogens is 1. The second-order valence-corrected chi connectivity index (χ2v) is 4.90. The molecule has 1 aliphatic rings. The van der Waals surface area contributed by atoms with Crippen LogP contribution < -0.4 is 5.32 Å².